The fourth-order valence-corrected chi connectivity index (χ4v) is 1.68. The molecule has 2 rings (SSSR count). The first-order chi connectivity index (χ1) is 8.65. The summed E-state index contributed by atoms with van der Waals surface area (Å²) in [4.78, 5) is 0. The minimum atomic E-state index is -0.624. The Hall–Kier alpha value is -1.73. The van der Waals surface area contributed by atoms with Crippen molar-refractivity contribution < 1.29 is 9.47 Å². The van der Waals surface area contributed by atoms with Crippen LogP contribution in [-0.2, 0) is 0 Å². The highest BCUT2D eigenvalue weighted by Crippen LogP contribution is 2.23. The van der Waals surface area contributed by atoms with Gasteiger partial charge in [0.15, 0.2) is 0 Å². The van der Waals surface area contributed by atoms with Crippen molar-refractivity contribution >= 4 is 0 Å². The van der Waals surface area contributed by atoms with Crippen molar-refractivity contribution in [3.05, 3.63) is 24.3 Å². The smallest absolute Gasteiger partial charge is 0.138 e. The molecule has 0 amide bonds. The highest BCUT2D eigenvalue weighted by molar-refractivity contribution is 5.31. The fourth-order valence-electron chi connectivity index (χ4n) is 1.68. The molecule has 1 unspecified atom stereocenters. The van der Waals surface area contributed by atoms with Crippen LogP contribution in [0.5, 0.6) is 11.5 Å². The molecule has 0 spiro atoms. The summed E-state index contributed by atoms with van der Waals surface area (Å²) in [5.74, 6) is 1.54. The summed E-state index contributed by atoms with van der Waals surface area (Å²) in [6.07, 6.45) is 2.31. The third kappa shape index (κ3) is 3.38. The number of benzene rings is 1. The Kier molecular flexibility index (Phi) is 3.73. The van der Waals surface area contributed by atoms with E-state index in [-0.39, 0.29) is 0 Å². The summed E-state index contributed by atoms with van der Waals surface area (Å²) in [6, 6.07) is 10.1. The molecule has 0 bridgehead atoms. The minimum absolute atomic E-state index is 0.340. The average Bonchev–Trinajstić information content (AvgIpc) is 3.21. The highest BCUT2D eigenvalue weighted by atomic mass is 16.5. The predicted molar refractivity (Wildman–Crippen MR) is 68.7 cm³/mol. The summed E-state index contributed by atoms with van der Waals surface area (Å²) >= 11 is 0. The van der Waals surface area contributed by atoms with E-state index in [0.29, 0.717) is 12.6 Å². The summed E-state index contributed by atoms with van der Waals surface area (Å²) in [5.41, 5.74) is -0.624. The zero-order chi connectivity index (χ0) is 13.0. The number of methoxy groups -OCH3 is 1. The number of hydrogen-bond donors (Lipinski definition) is 1. The van der Waals surface area contributed by atoms with E-state index in [2.05, 4.69) is 11.4 Å². The monoisotopic (exact) mass is 246 g/mol. The van der Waals surface area contributed by atoms with E-state index >= 15 is 0 Å². The number of nitrogens with zero attached hydrogens (tertiary/aromatic N) is 1. The van der Waals surface area contributed by atoms with Gasteiger partial charge in [0, 0.05) is 6.04 Å². The molecule has 0 radical (unpaired) electrons. The van der Waals surface area contributed by atoms with E-state index in [1.807, 2.05) is 31.2 Å². The summed E-state index contributed by atoms with van der Waals surface area (Å²) in [6.45, 7) is 2.21. The lowest BCUT2D eigenvalue weighted by atomic mass is 10.1. The molecule has 0 heterocycles. The molecule has 18 heavy (non-hydrogen) atoms. The first-order valence-electron chi connectivity index (χ1n) is 6.11. The van der Waals surface area contributed by atoms with Crippen molar-refractivity contribution in [2.24, 2.45) is 0 Å². The van der Waals surface area contributed by atoms with E-state index in [1.165, 1.54) is 0 Å². The molecule has 1 aromatic carbocycles. The van der Waals surface area contributed by atoms with Gasteiger partial charge in [0.1, 0.15) is 23.6 Å². The van der Waals surface area contributed by atoms with Gasteiger partial charge in [0.05, 0.1) is 13.2 Å². The number of nitrogens with one attached hydrogen (secondary N) is 1. The van der Waals surface area contributed by atoms with Crippen LogP contribution in [0.4, 0.5) is 0 Å². The van der Waals surface area contributed by atoms with Crippen molar-refractivity contribution in [1.82, 2.24) is 5.32 Å². The second kappa shape index (κ2) is 5.28. The van der Waals surface area contributed by atoms with Gasteiger partial charge < -0.3 is 9.47 Å². The quantitative estimate of drug-likeness (QED) is 0.835. The van der Waals surface area contributed by atoms with Crippen molar-refractivity contribution in [3.63, 3.8) is 0 Å². The van der Waals surface area contributed by atoms with Gasteiger partial charge in [-0.2, -0.15) is 5.26 Å². The first-order valence-corrected chi connectivity index (χ1v) is 6.11. The van der Waals surface area contributed by atoms with Gasteiger partial charge in [-0.25, -0.2) is 0 Å². The van der Waals surface area contributed by atoms with Crippen molar-refractivity contribution in [2.75, 3.05) is 13.7 Å². The van der Waals surface area contributed by atoms with Gasteiger partial charge in [-0.05, 0) is 44.0 Å². The number of hydrogen-bond acceptors (Lipinski definition) is 4. The molecule has 1 aliphatic carbocycles. The van der Waals surface area contributed by atoms with Crippen LogP contribution in [0, 0.1) is 11.3 Å². The molecular formula is C14H18N2O2. The molecule has 4 heteroatoms. The van der Waals surface area contributed by atoms with Crippen molar-refractivity contribution in [3.8, 4) is 17.6 Å². The molecule has 4 nitrogen and oxygen atoms in total. The molecule has 96 valence electrons. The topological polar surface area (TPSA) is 54.3 Å². The van der Waals surface area contributed by atoms with Gasteiger partial charge in [-0.15, -0.1) is 0 Å². The molecule has 1 N–H and O–H groups in total. The molecule has 1 atom stereocenters. The van der Waals surface area contributed by atoms with Crippen LogP contribution in [0.15, 0.2) is 24.3 Å². The van der Waals surface area contributed by atoms with E-state index in [9.17, 15) is 5.26 Å². The van der Waals surface area contributed by atoms with E-state index < -0.39 is 5.54 Å². The second-order valence-electron chi connectivity index (χ2n) is 4.83. The lowest BCUT2D eigenvalue weighted by Crippen LogP contribution is -2.47. The largest absolute Gasteiger partial charge is 0.497 e. The van der Waals surface area contributed by atoms with Gasteiger partial charge >= 0.3 is 0 Å². The minimum Gasteiger partial charge on any atom is -0.497 e. The molecule has 0 aromatic heterocycles. The summed E-state index contributed by atoms with van der Waals surface area (Å²) in [5, 5.41) is 12.5. The van der Waals surface area contributed by atoms with Crippen LogP contribution in [0.2, 0.25) is 0 Å². The lowest BCUT2D eigenvalue weighted by Gasteiger charge is -2.23. The SMILES string of the molecule is COc1ccc(OCC(C)(C#N)NC2CC2)cc1. The molecule has 1 fully saturated rings. The molecule has 0 saturated heterocycles. The standard InChI is InChI=1S/C14H18N2O2/c1-14(9-15,16-11-3-4-11)10-18-13-7-5-12(17-2)6-8-13/h5-8,11,16H,3-4,10H2,1-2H3. The van der Waals surface area contributed by atoms with Gasteiger partial charge in [0.25, 0.3) is 0 Å². The van der Waals surface area contributed by atoms with Crippen LogP contribution >= 0.6 is 0 Å². The van der Waals surface area contributed by atoms with E-state index in [4.69, 9.17) is 9.47 Å². The summed E-state index contributed by atoms with van der Waals surface area (Å²) < 4.78 is 10.7. The zero-order valence-electron chi connectivity index (χ0n) is 10.8. The molecule has 1 saturated carbocycles. The first kappa shape index (κ1) is 12.7. The zero-order valence-corrected chi connectivity index (χ0v) is 10.8. The van der Waals surface area contributed by atoms with E-state index in [1.54, 1.807) is 7.11 Å². The Morgan fingerprint density at radius 2 is 1.94 bits per heavy atom. The van der Waals surface area contributed by atoms with Crippen molar-refractivity contribution in [1.29, 1.82) is 5.26 Å². The highest BCUT2D eigenvalue weighted by Gasteiger charge is 2.33. The number of ether oxygens (including phenoxy) is 2. The molecular weight excluding hydrogens is 228 g/mol. The van der Waals surface area contributed by atoms with Crippen LogP contribution in [-0.4, -0.2) is 25.3 Å². The second-order valence-corrected chi connectivity index (χ2v) is 4.83. The Morgan fingerprint density at radius 1 is 1.33 bits per heavy atom. The van der Waals surface area contributed by atoms with Crippen molar-refractivity contribution in [2.45, 2.75) is 31.3 Å². The van der Waals surface area contributed by atoms with Gasteiger partial charge in [-0.1, -0.05) is 0 Å². The normalized spacial score (nSPS) is 17.6. The molecule has 0 aliphatic heterocycles. The van der Waals surface area contributed by atoms with Crippen LogP contribution in [0.25, 0.3) is 0 Å². The van der Waals surface area contributed by atoms with Crippen LogP contribution in [0.3, 0.4) is 0 Å². The maximum Gasteiger partial charge on any atom is 0.138 e. The predicted octanol–water partition coefficient (Wildman–Crippen LogP) is 2.11. The maximum atomic E-state index is 9.21. The van der Waals surface area contributed by atoms with Crippen LogP contribution < -0.4 is 14.8 Å². The lowest BCUT2D eigenvalue weighted by molar-refractivity contribution is 0.232. The molecule has 1 aromatic rings. The third-order valence-electron chi connectivity index (χ3n) is 2.93. The number of rotatable bonds is 6. The van der Waals surface area contributed by atoms with Crippen LogP contribution in [0.1, 0.15) is 19.8 Å². The maximum absolute atomic E-state index is 9.21. The Morgan fingerprint density at radius 3 is 2.44 bits per heavy atom. The summed E-state index contributed by atoms with van der Waals surface area (Å²) in [7, 11) is 1.63. The third-order valence-corrected chi connectivity index (χ3v) is 2.93. The fraction of sp³-hybridized carbons (Fsp3) is 0.500. The average molecular weight is 246 g/mol. The molecule has 1 aliphatic rings. The Balaban J connectivity index is 1.90. The van der Waals surface area contributed by atoms with Gasteiger partial charge in [0.2, 0.25) is 0 Å². The Labute approximate surface area is 108 Å². The van der Waals surface area contributed by atoms with E-state index in [0.717, 1.165) is 24.3 Å². The number of nitriles is 1. The Bertz CT molecular complexity index is 434. The van der Waals surface area contributed by atoms with Gasteiger partial charge in [-0.3, -0.25) is 5.32 Å².